The molecule has 2 rings (SSSR count). The Morgan fingerprint density at radius 3 is 2.75 bits per heavy atom. The summed E-state index contributed by atoms with van der Waals surface area (Å²) in [6.45, 7) is 0. The predicted molar refractivity (Wildman–Crippen MR) is 62.2 cm³/mol. The normalized spacial score (nSPS) is 9.81. The van der Waals surface area contributed by atoms with Crippen molar-refractivity contribution in [2.75, 3.05) is 5.32 Å². The van der Waals surface area contributed by atoms with Crippen molar-refractivity contribution in [1.29, 1.82) is 0 Å². The van der Waals surface area contributed by atoms with E-state index in [1.807, 2.05) is 0 Å². The molecule has 0 atom stereocenters. The molecule has 80 valence electrons. The van der Waals surface area contributed by atoms with E-state index in [1.54, 1.807) is 30.6 Å². The molecule has 2 aromatic heterocycles. The lowest BCUT2D eigenvalue weighted by molar-refractivity contribution is 0.112. The number of carbonyl (C=O) groups is 1. The highest BCUT2D eigenvalue weighted by atomic mass is 35.5. The summed E-state index contributed by atoms with van der Waals surface area (Å²) in [5.41, 5.74) is 1.92. The van der Waals surface area contributed by atoms with Gasteiger partial charge in [-0.05, 0) is 18.2 Å². The van der Waals surface area contributed by atoms with Gasteiger partial charge in [0.2, 0.25) is 0 Å². The van der Waals surface area contributed by atoms with Crippen LogP contribution in [0.1, 0.15) is 10.4 Å². The Hall–Kier alpha value is -1.94. The smallest absolute Gasteiger partial charge is 0.153 e. The van der Waals surface area contributed by atoms with E-state index >= 15 is 0 Å². The van der Waals surface area contributed by atoms with Crippen LogP contribution in [0.15, 0.2) is 36.8 Å². The van der Waals surface area contributed by atoms with E-state index in [0.717, 1.165) is 12.0 Å². The summed E-state index contributed by atoms with van der Waals surface area (Å²) in [6, 6.07) is 5.19. The van der Waals surface area contributed by atoms with Gasteiger partial charge in [0.1, 0.15) is 5.15 Å². The van der Waals surface area contributed by atoms with Crippen LogP contribution in [-0.4, -0.2) is 16.3 Å². The highest BCUT2D eigenvalue weighted by Gasteiger charge is 2.03. The quantitative estimate of drug-likeness (QED) is 0.654. The molecule has 0 bridgehead atoms. The molecule has 1 N–H and O–H groups in total. The van der Waals surface area contributed by atoms with E-state index in [1.165, 1.54) is 6.20 Å². The fraction of sp³-hybridized carbons (Fsp3) is 0. The molecule has 0 radical (unpaired) electrons. The number of nitrogens with one attached hydrogen (secondary N) is 1. The molecule has 2 heterocycles. The van der Waals surface area contributed by atoms with Gasteiger partial charge in [0.05, 0.1) is 11.3 Å². The van der Waals surface area contributed by atoms with Crippen molar-refractivity contribution >= 4 is 29.3 Å². The molecule has 0 aromatic carbocycles. The second-order valence-corrected chi connectivity index (χ2v) is 3.46. The highest BCUT2D eigenvalue weighted by Crippen LogP contribution is 2.21. The van der Waals surface area contributed by atoms with Crippen LogP contribution in [0.25, 0.3) is 0 Å². The maximum atomic E-state index is 10.8. The SMILES string of the molecule is O=Cc1cnc(Cl)cc1Nc1ccncc1. The van der Waals surface area contributed by atoms with Crippen LogP contribution in [0.5, 0.6) is 0 Å². The number of aromatic nitrogens is 2. The first-order valence-electron chi connectivity index (χ1n) is 4.57. The minimum absolute atomic E-state index is 0.335. The van der Waals surface area contributed by atoms with Gasteiger partial charge in [-0.2, -0.15) is 0 Å². The first-order valence-corrected chi connectivity index (χ1v) is 4.95. The van der Waals surface area contributed by atoms with E-state index in [-0.39, 0.29) is 0 Å². The molecule has 5 heteroatoms. The third-order valence-corrected chi connectivity index (χ3v) is 2.19. The number of rotatable bonds is 3. The monoisotopic (exact) mass is 233 g/mol. The molecule has 0 saturated carbocycles. The van der Waals surface area contributed by atoms with E-state index in [9.17, 15) is 4.79 Å². The molecule has 0 unspecified atom stereocenters. The van der Waals surface area contributed by atoms with Crippen LogP contribution in [0.2, 0.25) is 5.15 Å². The first kappa shape index (κ1) is 10.6. The van der Waals surface area contributed by atoms with E-state index in [4.69, 9.17) is 11.6 Å². The average Bonchev–Trinajstić information content (AvgIpc) is 2.31. The van der Waals surface area contributed by atoms with Gasteiger partial charge in [0, 0.05) is 24.3 Å². The molecular formula is C11H8ClN3O. The lowest BCUT2D eigenvalue weighted by atomic mass is 10.2. The van der Waals surface area contributed by atoms with Crippen molar-refractivity contribution in [2.24, 2.45) is 0 Å². The maximum Gasteiger partial charge on any atom is 0.153 e. The zero-order valence-electron chi connectivity index (χ0n) is 8.22. The van der Waals surface area contributed by atoms with Crippen molar-refractivity contribution in [3.05, 3.63) is 47.5 Å². The number of carbonyl (C=O) groups excluding carboxylic acids is 1. The second-order valence-electron chi connectivity index (χ2n) is 3.07. The zero-order valence-corrected chi connectivity index (χ0v) is 8.98. The predicted octanol–water partition coefficient (Wildman–Crippen LogP) is 2.69. The van der Waals surface area contributed by atoms with Gasteiger partial charge in [-0.1, -0.05) is 11.6 Å². The number of aldehydes is 1. The average molecular weight is 234 g/mol. The van der Waals surface area contributed by atoms with Crippen LogP contribution < -0.4 is 5.32 Å². The third-order valence-electron chi connectivity index (χ3n) is 1.99. The fourth-order valence-electron chi connectivity index (χ4n) is 1.23. The summed E-state index contributed by atoms with van der Waals surface area (Å²) in [5, 5.41) is 3.40. The molecule has 16 heavy (non-hydrogen) atoms. The van der Waals surface area contributed by atoms with Gasteiger partial charge in [-0.3, -0.25) is 9.78 Å². The Kier molecular flexibility index (Phi) is 3.12. The van der Waals surface area contributed by atoms with Gasteiger partial charge in [0.25, 0.3) is 0 Å². The van der Waals surface area contributed by atoms with Gasteiger partial charge >= 0.3 is 0 Å². The molecule has 0 aliphatic rings. The Morgan fingerprint density at radius 1 is 1.31 bits per heavy atom. The number of hydrogen-bond donors (Lipinski definition) is 1. The van der Waals surface area contributed by atoms with Crippen LogP contribution in [0.3, 0.4) is 0 Å². The minimum Gasteiger partial charge on any atom is -0.355 e. The summed E-state index contributed by atoms with van der Waals surface area (Å²) >= 11 is 5.76. The first-order chi connectivity index (χ1) is 7.79. The second kappa shape index (κ2) is 4.72. The molecule has 0 amide bonds. The lowest BCUT2D eigenvalue weighted by Gasteiger charge is -2.08. The Balaban J connectivity index is 2.33. The molecule has 0 fully saturated rings. The summed E-state index contributed by atoms with van der Waals surface area (Å²) in [6.07, 6.45) is 5.48. The van der Waals surface area contributed by atoms with Crippen molar-refractivity contribution in [3.63, 3.8) is 0 Å². The molecule has 4 nitrogen and oxygen atoms in total. The molecular weight excluding hydrogens is 226 g/mol. The van der Waals surface area contributed by atoms with Crippen molar-refractivity contribution in [1.82, 2.24) is 9.97 Å². The Bertz CT molecular complexity index is 502. The fourth-order valence-corrected chi connectivity index (χ4v) is 1.39. The van der Waals surface area contributed by atoms with Crippen LogP contribution in [0.4, 0.5) is 11.4 Å². The number of pyridine rings is 2. The zero-order chi connectivity index (χ0) is 11.4. The van der Waals surface area contributed by atoms with Crippen molar-refractivity contribution in [2.45, 2.75) is 0 Å². The van der Waals surface area contributed by atoms with Crippen molar-refractivity contribution < 1.29 is 4.79 Å². The summed E-state index contributed by atoms with van der Waals surface area (Å²) in [5.74, 6) is 0. The van der Waals surface area contributed by atoms with Crippen molar-refractivity contribution in [3.8, 4) is 0 Å². The van der Waals surface area contributed by atoms with E-state index < -0.39 is 0 Å². The molecule has 0 aliphatic carbocycles. The Morgan fingerprint density at radius 2 is 2.06 bits per heavy atom. The lowest BCUT2D eigenvalue weighted by Crippen LogP contribution is -1.96. The maximum absolute atomic E-state index is 10.8. The third kappa shape index (κ3) is 2.35. The summed E-state index contributed by atoms with van der Waals surface area (Å²) < 4.78 is 0. The minimum atomic E-state index is 0.335. The summed E-state index contributed by atoms with van der Waals surface area (Å²) in [4.78, 5) is 18.5. The molecule has 0 spiro atoms. The van der Waals surface area contributed by atoms with Gasteiger partial charge in [0.15, 0.2) is 6.29 Å². The molecule has 0 aliphatic heterocycles. The topological polar surface area (TPSA) is 54.9 Å². The number of halogens is 1. The van der Waals surface area contributed by atoms with E-state index in [2.05, 4.69) is 15.3 Å². The molecule has 0 saturated heterocycles. The summed E-state index contributed by atoms with van der Waals surface area (Å²) in [7, 11) is 0. The van der Waals surface area contributed by atoms with E-state index in [0.29, 0.717) is 16.4 Å². The largest absolute Gasteiger partial charge is 0.355 e. The van der Waals surface area contributed by atoms with Crippen LogP contribution in [-0.2, 0) is 0 Å². The Labute approximate surface area is 97.3 Å². The standard InChI is InChI=1S/C11H8ClN3O/c12-11-5-10(8(7-16)6-14-11)15-9-1-3-13-4-2-9/h1-7H,(H,13,14,15). The van der Waals surface area contributed by atoms with Gasteiger partial charge in [-0.15, -0.1) is 0 Å². The van der Waals surface area contributed by atoms with Crippen LogP contribution >= 0.6 is 11.6 Å². The highest BCUT2D eigenvalue weighted by molar-refractivity contribution is 6.29. The number of anilines is 2. The number of hydrogen-bond acceptors (Lipinski definition) is 4. The van der Waals surface area contributed by atoms with Crippen LogP contribution in [0, 0.1) is 0 Å². The van der Waals surface area contributed by atoms with Gasteiger partial charge in [-0.25, -0.2) is 4.98 Å². The van der Waals surface area contributed by atoms with Gasteiger partial charge < -0.3 is 5.32 Å². The molecule has 2 aromatic rings. The number of nitrogens with zero attached hydrogens (tertiary/aromatic N) is 2.